The molecule has 0 bridgehead atoms. The molecule has 2 rings (SSSR count). The highest BCUT2D eigenvalue weighted by atomic mass is 19.4. The molecule has 2 aromatic rings. The van der Waals surface area contributed by atoms with Crippen LogP contribution in [0.3, 0.4) is 0 Å². The average Bonchev–Trinajstić information content (AvgIpc) is 2.90. The quantitative estimate of drug-likeness (QED) is 0.721. The molecule has 0 aliphatic rings. The largest absolute Gasteiger partial charge is 0.488 e. The van der Waals surface area contributed by atoms with Gasteiger partial charge in [-0.2, -0.15) is 13.2 Å². The van der Waals surface area contributed by atoms with Gasteiger partial charge in [0.15, 0.2) is 0 Å². The SMILES string of the molecule is Cc1noc(C)c1COc1ccccc1C(=O)NCCOCC(F)(F)F. The second-order valence-electron chi connectivity index (χ2n) is 5.51. The minimum absolute atomic E-state index is 0.0485. The lowest BCUT2D eigenvalue weighted by atomic mass is 10.2. The van der Waals surface area contributed by atoms with Crippen LogP contribution in [0.25, 0.3) is 0 Å². The Labute approximate surface area is 148 Å². The predicted molar refractivity (Wildman–Crippen MR) is 86.0 cm³/mol. The number of hydrogen-bond donors (Lipinski definition) is 1. The Morgan fingerprint density at radius 3 is 2.65 bits per heavy atom. The van der Waals surface area contributed by atoms with Crippen molar-refractivity contribution in [1.82, 2.24) is 10.5 Å². The van der Waals surface area contributed by atoms with Crippen LogP contribution in [0.4, 0.5) is 13.2 Å². The van der Waals surface area contributed by atoms with Crippen LogP contribution in [-0.2, 0) is 11.3 Å². The normalized spacial score (nSPS) is 11.4. The van der Waals surface area contributed by atoms with Gasteiger partial charge in [0, 0.05) is 6.54 Å². The van der Waals surface area contributed by atoms with Gasteiger partial charge in [0.25, 0.3) is 5.91 Å². The zero-order valence-corrected chi connectivity index (χ0v) is 14.4. The second kappa shape index (κ2) is 8.70. The third-order valence-electron chi connectivity index (χ3n) is 3.48. The van der Waals surface area contributed by atoms with E-state index in [1.165, 1.54) is 0 Å². The molecular weight excluding hydrogens is 353 g/mol. The number of ether oxygens (including phenoxy) is 2. The molecule has 0 spiro atoms. The molecule has 0 aliphatic heterocycles. The van der Waals surface area contributed by atoms with Crippen molar-refractivity contribution in [3.8, 4) is 5.75 Å². The molecular formula is C17H19F3N2O4. The van der Waals surface area contributed by atoms with Crippen molar-refractivity contribution in [1.29, 1.82) is 0 Å². The molecule has 142 valence electrons. The summed E-state index contributed by atoms with van der Waals surface area (Å²) in [5.41, 5.74) is 1.77. The Hall–Kier alpha value is -2.55. The molecule has 0 fully saturated rings. The molecule has 9 heteroatoms. The number of alkyl halides is 3. The third-order valence-corrected chi connectivity index (χ3v) is 3.48. The molecule has 0 aliphatic carbocycles. The van der Waals surface area contributed by atoms with Crippen molar-refractivity contribution < 1.29 is 32.0 Å². The van der Waals surface area contributed by atoms with Gasteiger partial charge in [0.1, 0.15) is 24.7 Å². The zero-order chi connectivity index (χ0) is 19.2. The van der Waals surface area contributed by atoms with Crippen LogP contribution in [0.1, 0.15) is 27.4 Å². The molecule has 1 heterocycles. The minimum Gasteiger partial charge on any atom is -0.488 e. The summed E-state index contributed by atoms with van der Waals surface area (Å²) in [6.07, 6.45) is -4.39. The van der Waals surface area contributed by atoms with E-state index in [0.717, 1.165) is 5.56 Å². The lowest BCUT2D eigenvalue weighted by molar-refractivity contribution is -0.173. The summed E-state index contributed by atoms with van der Waals surface area (Å²) in [7, 11) is 0. The van der Waals surface area contributed by atoms with Crippen LogP contribution in [0, 0.1) is 13.8 Å². The molecule has 0 atom stereocenters. The number of aryl methyl sites for hydroxylation is 2. The first kappa shape index (κ1) is 19.8. The number of amides is 1. The first-order valence-electron chi connectivity index (χ1n) is 7.84. The van der Waals surface area contributed by atoms with Gasteiger partial charge in [0.2, 0.25) is 0 Å². The van der Waals surface area contributed by atoms with E-state index in [9.17, 15) is 18.0 Å². The van der Waals surface area contributed by atoms with Gasteiger partial charge >= 0.3 is 6.18 Å². The van der Waals surface area contributed by atoms with E-state index in [0.29, 0.717) is 17.2 Å². The van der Waals surface area contributed by atoms with Gasteiger partial charge in [0.05, 0.1) is 23.4 Å². The highest BCUT2D eigenvalue weighted by molar-refractivity contribution is 5.96. The van der Waals surface area contributed by atoms with E-state index in [4.69, 9.17) is 9.26 Å². The molecule has 0 saturated heterocycles. The Kier molecular flexibility index (Phi) is 6.62. The number of nitrogens with zero attached hydrogens (tertiary/aromatic N) is 1. The number of aromatic nitrogens is 1. The Morgan fingerprint density at radius 1 is 1.27 bits per heavy atom. The zero-order valence-electron chi connectivity index (χ0n) is 14.4. The molecule has 6 nitrogen and oxygen atoms in total. The molecule has 0 radical (unpaired) electrons. The van der Waals surface area contributed by atoms with Crippen LogP contribution >= 0.6 is 0 Å². The fourth-order valence-electron chi connectivity index (χ4n) is 2.16. The predicted octanol–water partition coefficient (Wildman–Crippen LogP) is 3.18. The number of para-hydroxylation sites is 1. The number of hydrogen-bond acceptors (Lipinski definition) is 5. The fraction of sp³-hybridized carbons (Fsp3) is 0.412. The van der Waals surface area contributed by atoms with Crippen LogP contribution in [0.2, 0.25) is 0 Å². The Morgan fingerprint density at radius 2 is 2.00 bits per heavy atom. The lowest BCUT2D eigenvalue weighted by Gasteiger charge is -2.12. The molecule has 0 unspecified atom stereocenters. The monoisotopic (exact) mass is 372 g/mol. The Bertz CT molecular complexity index is 724. The molecule has 0 saturated carbocycles. The van der Waals surface area contributed by atoms with E-state index in [1.807, 2.05) is 0 Å². The van der Waals surface area contributed by atoms with Gasteiger partial charge < -0.3 is 19.3 Å². The van der Waals surface area contributed by atoms with E-state index in [2.05, 4.69) is 15.2 Å². The summed E-state index contributed by atoms with van der Waals surface area (Å²) in [6, 6.07) is 6.57. The maximum absolute atomic E-state index is 12.2. The van der Waals surface area contributed by atoms with Crippen molar-refractivity contribution in [3.05, 3.63) is 46.8 Å². The van der Waals surface area contributed by atoms with Crippen molar-refractivity contribution in [2.45, 2.75) is 26.6 Å². The average molecular weight is 372 g/mol. The molecule has 1 amide bonds. The van der Waals surface area contributed by atoms with Gasteiger partial charge in [-0.3, -0.25) is 4.79 Å². The van der Waals surface area contributed by atoms with E-state index >= 15 is 0 Å². The van der Waals surface area contributed by atoms with Crippen LogP contribution < -0.4 is 10.1 Å². The summed E-state index contributed by atoms with van der Waals surface area (Å²) >= 11 is 0. The number of rotatable bonds is 8. The standard InChI is InChI=1S/C17H19F3N2O4/c1-11-14(12(2)26-22-11)9-25-15-6-4-3-5-13(15)16(23)21-7-8-24-10-17(18,19)20/h3-6H,7-10H2,1-2H3,(H,21,23). The summed E-state index contributed by atoms with van der Waals surface area (Å²) in [4.78, 5) is 12.2. The summed E-state index contributed by atoms with van der Waals surface area (Å²) < 4.78 is 51.1. The summed E-state index contributed by atoms with van der Waals surface area (Å²) in [5.74, 6) is 0.516. The highest BCUT2D eigenvalue weighted by Crippen LogP contribution is 2.21. The van der Waals surface area contributed by atoms with Gasteiger partial charge in [-0.1, -0.05) is 17.3 Å². The van der Waals surface area contributed by atoms with Gasteiger partial charge in [-0.05, 0) is 26.0 Å². The number of halogens is 3. The van der Waals surface area contributed by atoms with E-state index < -0.39 is 18.7 Å². The number of carbonyl (C=O) groups is 1. The minimum atomic E-state index is -4.39. The van der Waals surface area contributed by atoms with Crippen LogP contribution in [-0.4, -0.2) is 37.0 Å². The smallest absolute Gasteiger partial charge is 0.411 e. The second-order valence-corrected chi connectivity index (χ2v) is 5.51. The number of carbonyl (C=O) groups excluding carboxylic acids is 1. The highest BCUT2D eigenvalue weighted by Gasteiger charge is 2.27. The number of benzene rings is 1. The van der Waals surface area contributed by atoms with Crippen molar-refractivity contribution in [3.63, 3.8) is 0 Å². The van der Waals surface area contributed by atoms with Crippen LogP contribution in [0.15, 0.2) is 28.8 Å². The fourth-order valence-corrected chi connectivity index (χ4v) is 2.16. The summed E-state index contributed by atoms with van der Waals surface area (Å²) in [6.45, 7) is 2.09. The van der Waals surface area contributed by atoms with Crippen molar-refractivity contribution >= 4 is 5.91 Å². The van der Waals surface area contributed by atoms with Gasteiger partial charge in [-0.15, -0.1) is 0 Å². The van der Waals surface area contributed by atoms with E-state index in [1.54, 1.807) is 38.1 Å². The maximum atomic E-state index is 12.2. The van der Waals surface area contributed by atoms with Crippen molar-refractivity contribution in [2.75, 3.05) is 19.8 Å². The molecule has 1 aromatic heterocycles. The maximum Gasteiger partial charge on any atom is 0.411 e. The first-order valence-corrected chi connectivity index (χ1v) is 7.84. The molecule has 26 heavy (non-hydrogen) atoms. The first-order chi connectivity index (χ1) is 12.3. The van der Waals surface area contributed by atoms with E-state index in [-0.39, 0.29) is 25.3 Å². The van der Waals surface area contributed by atoms with Crippen LogP contribution in [0.5, 0.6) is 5.75 Å². The lowest BCUT2D eigenvalue weighted by Crippen LogP contribution is -2.29. The summed E-state index contributed by atoms with van der Waals surface area (Å²) in [5, 5.41) is 6.33. The van der Waals surface area contributed by atoms with Crippen molar-refractivity contribution in [2.24, 2.45) is 0 Å². The third kappa shape index (κ3) is 5.76. The Balaban J connectivity index is 1.90. The molecule has 1 aromatic carbocycles. The molecule has 1 N–H and O–H groups in total. The van der Waals surface area contributed by atoms with Gasteiger partial charge in [-0.25, -0.2) is 0 Å². The number of nitrogens with one attached hydrogen (secondary N) is 1. The topological polar surface area (TPSA) is 73.6 Å².